The van der Waals surface area contributed by atoms with Crippen LogP contribution in [0.5, 0.6) is 0 Å². The summed E-state index contributed by atoms with van der Waals surface area (Å²) < 4.78 is 1.04. The number of piperidine rings is 1. The first-order valence-electron chi connectivity index (χ1n) is 6.32. The summed E-state index contributed by atoms with van der Waals surface area (Å²) in [4.78, 5) is 15.2. The molecule has 100 valence electrons. The lowest BCUT2D eigenvalue weighted by Crippen LogP contribution is -2.44. The van der Waals surface area contributed by atoms with Crippen LogP contribution < -0.4 is 5.32 Å². The zero-order valence-electron chi connectivity index (χ0n) is 10.8. The molecule has 1 fully saturated rings. The van der Waals surface area contributed by atoms with Gasteiger partial charge in [0.2, 0.25) is 0 Å². The van der Waals surface area contributed by atoms with Gasteiger partial charge in [-0.1, -0.05) is 6.42 Å². The van der Waals surface area contributed by atoms with E-state index in [9.17, 15) is 4.79 Å². The first kappa shape index (κ1) is 14.0. The van der Waals surface area contributed by atoms with Crippen molar-refractivity contribution in [2.45, 2.75) is 32.2 Å². The van der Waals surface area contributed by atoms with Crippen molar-refractivity contribution in [2.24, 2.45) is 0 Å². The van der Waals surface area contributed by atoms with Gasteiger partial charge in [-0.05, 0) is 60.9 Å². The van der Waals surface area contributed by atoms with Crippen molar-refractivity contribution >= 4 is 33.2 Å². The van der Waals surface area contributed by atoms with E-state index in [4.69, 9.17) is 0 Å². The number of halogens is 1. The molecule has 1 aromatic heterocycles. The topological polar surface area (TPSA) is 32.3 Å². The number of amides is 1. The molecule has 1 atom stereocenters. The van der Waals surface area contributed by atoms with Crippen molar-refractivity contribution in [3.8, 4) is 0 Å². The summed E-state index contributed by atoms with van der Waals surface area (Å²) in [6.45, 7) is 3.90. The summed E-state index contributed by atoms with van der Waals surface area (Å²) in [5, 5.41) is 3.05. The number of aryl methyl sites for hydroxylation is 1. The Bertz CT molecular complexity index is 413. The molecule has 1 saturated heterocycles. The average Bonchev–Trinajstić information content (AvgIpc) is 2.68. The minimum Gasteiger partial charge on any atom is -0.350 e. The van der Waals surface area contributed by atoms with Crippen molar-refractivity contribution in [3.63, 3.8) is 0 Å². The van der Waals surface area contributed by atoms with Crippen LogP contribution >= 0.6 is 27.3 Å². The molecule has 1 aromatic rings. The summed E-state index contributed by atoms with van der Waals surface area (Å²) in [6, 6.07) is 2.43. The van der Waals surface area contributed by atoms with Crippen molar-refractivity contribution < 1.29 is 4.79 Å². The fourth-order valence-corrected chi connectivity index (χ4v) is 3.72. The van der Waals surface area contributed by atoms with Gasteiger partial charge in [0.25, 0.3) is 5.91 Å². The highest BCUT2D eigenvalue weighted by Crippen LogP contribution is 2.27. The summed E-state index contributed by atoms with van der Waals surface area (Å²) in [5.74, 6) is 0.0489. The van der Waals surface area contributed by atoms with Gasteiger partial charge in [0.1, 0.15) is 0 Å². The summed E-state index contributed by atoms with van der Waals surface area (Å²) in [7, 11) is 2.14. The molecule has 1 amide bonds. The molecule has 1 aliphatic heterocycles. The predicted octanol–water partition coefficient (Wildman–Crippen LogP) is 3.03. The Morgan fingerprint density at radius 3 is 3.00 bits per heavy atom. The Morgan fingerprint density at radius 1 is 1.61 bits per heavy atom. The Hall–Kier alpha value is -0.390. The Kier molecular flexibility index (Phi) is 4.81. The van der Waals surface area contributed by atoms with Crippen molar-refractivity contribution in [2.75, 3.05) is 20.1 Å². The molecule has 0 aromatic carbocycles. The zero-order valence-corrected chi connectivity index (χ0v) is 13.2. The van der Waals surface area contributed by atoms with E-state index in [0.717, 1.165) is 27.3 Å². The van der Waals surface area contributed by atoms with Crippen LogP contribution in [0.25, 0.3) is 0 Å². The molecular formula is C13H19BrN2OS. The lowest BCUT2D eigenvalue weighted by Gasteiger charge is -2.32. The minimum absolute atomic E-state index is 0.0489. The summed E-state index contributed by atoms with van der Waals surface area (Å²) in [5.41, 5.74) is 1.12. The number of nitrogens with zero attached hydrogens (tertiary/aromatic N) is 1. The number of carbonyl (C=O) groups excluding carboxylic acids is 1. The third kappa shape index (κ3) is 3.33. The molecule has 5 heteroatoms. The molecule has 0 spiro atoms. The molecule has 3 nitrogen and oxygen atoms in total. The second-order valence-corrected chi connectivity index (χ2v) is 7.28. The van der Waals surface area contributed by atoms with E-state index < -0.39 is 0 Å². The second-order valence-electron chi connectivity index (χ2n) is 4.91. The first-order chi connectivity index (χ1) is 8.58. The van der Waals surface area contributed by atoms with Crippen LogP contribution in [0.2, 0.25) is 0 Å². The lowest BCUT2D eigenvalue weighted by molar-refractivity contribution is 0.0932. The summed E-state index contributed by atoms with van der Waals surface area (Å²) >= 11 is 4.95. The quantitative estimate of drug-likeness (QED) is 0.923. The average molecular weight is 331 g/mol. The van der Waals surface area contributed by atoms with Crippen LogP contribution in [0.4, 0.5) is 0 Å². The number of likely N-dealkylation sites (tertiary alicyclic amines) is 1. The van der Waals surface area contributed by atoms with Gasteiger partial charge < -0.3 is 10.2 Å². The molecule has 1 unspecified atom stereocenters. The molecule has 1 N–H and O–H groups in total. The molecular weight excluding hydrogens is 312 g/mol. The van der Waals surface area contributed by atoms with E-state index in [1.165, 1.54) is 30.6 Å². The third-order valence-corrected chi connectivity index (χ3v) is 5.64. The first-order valence-corrected chi connectivity index (χ1v) is 7.93. The van der Waals surface area contributed by atoms with E-state index in [1.807, 2.05) is 13.0 Å². The molecule has 0 aliphatic carbocycles. The molecule has 18 heavy (non-hydrogen) atoms. The highest BCUT2D eigenvalue weighted by molar-refractivity contribution is 9.11. The maximum absolute atomic E-state index is 12.0. The van der Waals surface area contributed by atoms with Crippen molar-refractivity contribution in [1.29, 1.82) is 0 Å². The number of hydrogen-bond acceptors (Lipinski definition) is 3. The highest BCUT2D eigenvalue weighted by atomic mass is 79.9. The normalized spacial score (nSPS) is 20.9. The monoisotopic (exact) mass is 330 g/mol. The number of carbonyl (C=O) groups is 1. The van der Waals surface area contributed by atoms with E-state index in [0.29, 0.717) is 6.04 Å². The SMILES string of the molecule is Cc1cc(C(=O)NCC2CCCCN2C)sc1Br. The van der Waals surface area contributed by atoms with Gasteiger partial charge >= 0.3 is 0 Å². The highest BCUT2D eigenvalue weighted by Gasteiger charge is 2.20. The fourth-order valence-electron chi connectivity index (χ4n) is 2.27. The molecule has 2 heterocycles. The fraction of sp³-hybridized carbons (Fsp3) is 0.615. The van der Waals surface area contributed by atoms with Gasteiger partial charge in [0, 0.05) is 12.6 Å². The van der Waals surface area contributed by atoms with Crippen molar-refractivity contribution in [3.05, 3.63) is 20.3 Å². The number of thiophene rings is 1. The van der Waals surface area contributed by atoms with Crippen LogP contribution in [-0.4, -0.2) is 37.0 Å². The van der Waals surface area contributed by atoms with Gasteiger partial charge in [-0.15, -0.1) is 11.3 Å². The van der Waals surface area contributed by atoms with Crippen LogP contribution in [0.15, 0.2) is 9.85 Å². The van der Waals surface area contributed by atoms with Gasteiger partial charge in [-0.2, -0.15) is 0 Å². The predicted molar refractivity (Wildman–Crippen MR) is 79.4 cm³/mol. The molecule has 0 radical (unpaired) electrons. The Morgan fingerprint density at radius 2 is 2.39 bits per heavy atom. The van der Waals surface area contributed by atoms with Crippen LogP contribution in [0.1, 0.15) is 34.5 Å². The standard InChI is InChI=1S/C13H19BrN2OS/c1-9-7-11(18-12(9)14)13(17)15-8-10-5-3-4-6-16(10)2/h7,10H,3-6,8H2,1-2H3,(H,15,17). The van der Waals surface area contributed by atoms with Gasteiger partial charge in [-0.3, -0.25) is 4.79 Å². The van der Waals surface area contributed by atoms with Gasteiger partial charge in [-0.25, -0.2) is 0 Å². The van der Waals surface area contributed by atoms with Gasteiger partial charge in [0.15, 0.2) is 0 Å². The van der Waals surface area contributed by atoms with E-state index >= 15 is 0 Å². The maximum Gasteiger partial charge on any atom is 0.261 e. The Labute approximate surface area is 121 Å². The molecule has 1 aliphatic rings. The minimum atomic E-state index is 0.0489. The summed E-state index contributed by atoms with van der Waals surface area (Å²) in [6.07, 6.45) is 3.73. The van der Waals surface area contributed by atoms with E-state index in [2.05, 4.69) is 33.2 Å². The smallest absolute Gasteiger partial charge is 0.261 e. The number of hydrogen-bond donors (Lipinski definition) is 1. The van der Waals surface area contributed by atoms with Crippen LogP contribution in [-0.2, 0) is 0 Å². The molecule has 0 saturated carbocycles. The lowest BCUT2D eigenvalue weighted by atomic mass is 10.0. The van der Waals surface area contributed by atoms with Crippen LogP contribution in [0, 0.1) is 6.92 Å². The molecule has 0 bridgehead atoms. The number of likely N-dealkylation sites (N-methyl/N-ethyl adjacent to an activating group) is 1. The van der Waals surface area contributed by atoms with Crippen LogP contribution in [0.3, 0.4) is 0 Å². The molecule has 2 rings (SSSR count). The van der Waals surface area contributed by atoms with E-state index in [1.54, 1.807) is 0 Å². The van der Waals surface area contributed by atoms with Crippen molar-refractivity contribution in [1.82, 2.24) is 10.2 Å². The Balaban J connectivity index is 1.88. The maximum atomic E-state index is 12.0. The number of rotatable bonds is 3. The second kappa shape index (κ2) is 6.17. The van der Waals surface area contributed by atoms with E-state index in [-0.39, 0.29) is 5.91 Å². The third-order valence-electron chi connectivity index (χ3n) is 3.50. The van der Waals surface area contributed by atoms with Gasteiger partial charge in [0.05, 0.1) is 8.66 Å². The largest absolute Gasteiger partial charge is 0.350 e. The zero-order chi connectivity index (χ0) is 13.1. The number of nitrogens with one attached hydrogen (secondary N) is 1.